The lowest BCUT2D eigenvalue weighted by Crippen LogP contribution is -2.33. The summed E-state index contributed by atoms with van der Waals surface area (Å²) in [4.78, 5) is 13.8. The van der Waals surface area contributed by atoms with E-state index in [4.69, 9.17) is 0 Å². The van der Waals surface area contributed by atoms with Crippen LogP contribution in [0.3, 0.4) is 0 Å². The first-order valence-corrected chi connectivity index (χ1v) is 12.6. The topological polar surface area (TPSA) is 32.3 Å². The predicted octanol–water partition coefficient (Wildman–Crippen LogP) is 8.00. The third kappa shape index (κ3) is 2.94. The molecule has 4 aromatic rings. The summed E-state index contributed by atoms with van der Waals surface area (Å²) >= 11 is 0. The second-order valence-electron chi connectivity index (χ2n) is 10.4. The van der Waals surface area contributed by atoms with Gasteiger partial charge in [-0.25, -0.2) is 4.98 Å². The third-order valence-corrected chi connectivity index (χ3v) is 7.95. The predicted molar refractivity (Wildman–Crippen MR) is 147 cm³/mol. The maximum absolute atomic E-state index is 4.66. The first-order valence-electron chi connectivity index (χ1n) is 12.6. The molecule has 1 unspecified atom stereocenters. The SMILES string of the molecule is Cc1ccc(N(c2ccc3c(c2)C2CC=CC4=C2N3c2ccccc2C4(C)C)c2cnccn2)cc1. The lowest BCUT2D eigenvalue weighted by molar-refractivity contribution is 0.598. The number of allylic oxidation sites excluding steroid dienone is 4. The molecule has 176 valence electrons. The van der Waals surface area contributed by atoms with Gasteiger partial charge in [0.1, 0.15) is 0 Å². The summed E-state index contributed by atoms with van der Waals surface area (Å²) in [6.07, 6.45) is 11.0. The molecule has 7 rings (SSSR count). The molecule has 4 heteroatoms. The molecule has 2 aliphatic heterocycles. The Morgan fingerprint density at radius 1 is 0.917 bits per heavy atom. The first-order chi connectivity index (χ1) is 17.5. The number of benzene rings is 3. The Hall–Kier alpha value is -4.18. The van der Waals surface area contributed by atoms with Crippen molar-refractivity contribution in [2.75, 3.05) is 9.80 Å². The molecule has 3 heterocycles. The van der Waals surface area contributed by atoms with E-state index >= 15 is 0 Å². The second kappa shape index (κ2) is 7.66. The molecule has 0 saturated carbocycles. The summed E-state index contributed by atoms with van der Waals surface area (Å²) in [6.45, 7) is 6.84. The third-order valence-electron chi connectivity index (χ3n) is 7.95. The molecule has 0 N–H and O–H groups in total. The summed E-state index contributed by atoms with van der Waals surface area (Å²) in [5.74, 6) is 1.15. The van der Waals surface area contributed by atoms with Gasteiger partial charge in [0.2, 0.25) is 0 Å². The van der Waals surface area contributed by atoms with Gasteiger partial charge in [-0.3, -0.25) is 9.88 Å². The Labute approximate surface area is 212 Å². The number of fused-ring (bicyclic) bond motifs is 5. The van der Waals surface area contributed by atoms with E-state index in [1.807, 2.05) is 6.20 Å². The molecule has 1 aromatic heterocycles. The quantitative estimate of drug-likeness (QED) is 0.305. The van der Waals surface area contributed by atoms with E-state index in [9.17, 15) is 0 Å². The highest BCUT2D eigenvalue weighted by atomic mass is 15.2. The van der Waals surface area contributed by atoms with Crippen molar-refractivity contribution in [2.24, 2.45) is 0 Å². The van der Waals surface area contributed by atoms with Gasteiger partial charge in [-0.2, -0.15) is 0 Å². The minimum absolute atomic E-state index is 0.0317. The van der Waals surface area contributed by atoms with E-state index in [1.54, 1.807) is 12.4 Å². The van der Waals surface area contributed by atoms with E-state index in [2.05, 4.69) is 119 Å². The highest BCUT2D eigenvalue weighted by Crippen LogP contribution is 2.60. The van der Waals surface area contributed by atoms with Gasteiger partial charge in [0.15, 0.2) is 5.82 Å². The summed E-state index contributed by atoms with van der Waals surface area (Å²) in [5.41, 5.74) is 11.6. The van der Waals surface area contributed by atoms with Gasteiger partial charge in [-0.15, -0.1) is 0 Å². The fraction of sp³-hybridized carbons (Fsp3) is 0.188. The molecular formula is C32H28N4. The monoisotopic (exact) mass is 468 g/mol. The maximum Gasteiger partial charge on any atom is 0.156 e. The smallest absolute Gasteiger partial charge is 0.156 e. The number of nitrogens with zero attached hydrogens (tertiary/aromatic N) is 4. The molecule has 0 spiro atoms. The van der Waals surface area contributed by atoms with Crippen molar-refractivity contribution < 1.29 is 0 Å². The normalized spacial score (nSPS) is 18.5. The molecule has 1 aliphatic carbocycles. The molecule has 3 aromatic carbocycles. The van der Waals surface area contributed by atoms with Gasteiger partial charge in [0.25, 0.3) is 0 Å². The van der Waals surface area contributed by atoms with E-state index < -0.39 is 0 Å². The zero-order valence-electron chi connectivity index (χ0n) is 20.8. The number of hydrogen-bond acceptors (Lipinski definition) is 4. The number of anilines is 5. The molecule has 0 amide bonds. The van der Waals surface area contributed by atoms with Crippen LogP contribution in [-0.2, 0) is 5.41 Å². The average Bonchev–Trinajstić information content (AvgIpc) is 3.24. The van der Waals surface area contributed by atoms with Crippen molar-refractivity contribution >= 4 is 28.6 Å². The van der Waals surface area contributed by atoms with Crippen LogP contribution in [0.25, 0.3) is 0 Å². The minimum atomic E-state index is -0.0317. The summed E-state index contributed by atoms with van der Waals surface area (Å²) < 4.78 is 0. The van der Waals surface area contributed by atoms with Crippen LogP contribution >= 0.6 is 0 Å². The number of para-hydroxylation sites is 1. The van der Waals surface area contributed by atoms with Crippen LogP contribution in [0.5, 0.6) is 0 Å². The molecule has 4 nitrogen and oxygen atoms in total. The van der Waals surface area contributed by atoms with Crippen LogP contribution in [0, 0.1) is 6.92 Å². The molecule has 0 fully saturated rings. The summed E-state index contributed by atoms with van der Waals surface area (Å²) in [6, 6.07) is 24.4. The summed E-state index contributed by atoms with van der Waals surface area (Å²) in [7, 11) is 0. The zero-order valence-corrected chi connectivity index (χ0v) is 20.8. The van der Waals surface area contributed by atoms with Crippen molar-refractivity contribution in [3.8, 4) is 0 Å². The van der Waals surface area contributed by atoms with Gasteiger partial charge in [-0.1, -0.05) is 61.9 Å². The van der Waals surface area contributed by atoms with Crippen LogP contribution in [0.1, 0.15) is 42.9 Å². The van der Waals surface area contributed by atoms with Gasteiger partial charge in [0.05, 0.1) is 6.20 Å². The van der Waals surface area contributed by atoms with Crippen LogP contribution in [-0.4, -0.2) is 9.97 Å². The van der Waals surface area contributed by atoms with E-state index in [0.29, 0.717) is 5.92 Å². The molecule has 0 bridgehead atoms. The van der Waals surface area contributed by atoms with Crippen molar-refractivity contribution in [2.45, 2.75) is 38.5 Å². The molecular weight excluding hydrogens is 440 g/mol. The van der Waals surface area contributed by atoms with E-state index in [0.717, 1.165) is 23.6 Å². The average molecular weight is 469 g/mol. The van der Waals surface area contributed by atoms with Crippen molar-refractivity contribution in [3.05, 3.63) is 125 Å². The fourth-order valence-corrected chi connectivity index (χ4v) is 6.20. The Morgan fingerprint density at radius 2 is 1.72 bits per heavy atom. The highest BCUT2D eigenvalue weighted by Gasteiger charge is 2.46. The van der Waals surface area contributed by atoms with Gasteiger partial charge >= 0.3 is 0 Å². The number of aromatic nitrogens is 2. The summed E-state index contributed by atoms with van der Waals surface area (Å²) in [5, 5.41) is 0. The largest absolute Gasteiger partial charge is 0.313 e. The Kier molecular flexibility index (Phi) is 4.50. The highest BCUT2D eigenvalue weighted by molar-refractivity contribution is 5.87. The number of rotatable bonds is 3. The lowest BCUT2D eigenvalue weighted by atomic mass is 9.70. The number of hydrogen-bond donors (Lipinski definition) is 0. The van der Waals surface area contributed by atoms with Crippen LogP contribution < -0.4 is 9.80 Å². The van der Waals surface area contributed by atoms with E-state index in [-0.39, 0.29) is 5.41 Å². The van der Waals surface area contributed by atoms with Gasteiger partial charge in [0, 0.05) is 52.2 Å². The Morgan fingerprint density at radius 3 is 2.53 bits per heavy atom. The van der Waals surface area contributed by atoms with Crippen molar-refractivity contribution in [1.82, 2.24) is 9.97 Å². The van der Waals surface area contributed by atoms with Crippen molar-refractivity contribution in [3.63, 3.8) is 0 Å². The molecule has 3 aliphatic rings. The van der Waals surface area contributed by atoms with Gasteiger partial charge < -0.3 is 4.90 Å². The maximum atomic E-state index is 4.66. The first kappa shape index (κ1) is 21.1. The molecule has 1 atom stereocenters. The lowest BCUT2D eigenvalue weighted by Gasteiger charge is -2.42. The second-order valence-corrected chi connectivity index (χ2v) is 10.4. The fourth-order valence-electron chi connectivity index (χ4n) is 6.20. The number of aryl methyl sites for hydroxylation is 1. The van der Waals surface area contributed by atoms with Crippen molar-refractivity contribution in [1.29, 1.82) is 0 Å². The van der Waals surface area contributed by atoms with Gasteiger partial charge in [-0.05, 0) is 66.4 Å². The Balaban J connectivity index is 1.43. The van der Waals surface area contributed by atoms with E-state index in [1.165, 1.54) is 39.3 Å². The van der Waals surface area contributed by atoms with Crippen LogP contribution in [0.2, 0.25) is 0 Å². The molecule has 0 radical (unpaired) electrons. The minimum Gasteiger partial charge on any atom is -0.313 e. The molecule has 36 heavy (non-hydrogen) atoms. The Bertz CT molecular complexity index is 1550. The van der Waals surface area contributed by atoms with Crippen LogP contribution in [0.15, 0.2) is 109 Å². The van der Waals surface area contributed by atoms with Crippen LogP contribution in [0.4, 0.5) is 28.6 Å². The zero-order chi connectivity index (χ0) is 24.4. The molecule has 0 saturated heterocycles. The standard InChI is InChI=1S/C32H28N4/c1-21-11-13-22(14-12-21)35(30-20-33-17-18-34-30)23-15-16-28-25(19-23)24-7-6-9-27-31(24)36(28)29-10-5-4-8-26(29)32(27,2)3/h4-6,8-20,24H,7H2,1-3H3.